The molecule has 0 bridgehead atoms. The van der Waals surface area contributed by atoms with E-state index in [0.717, 1.165) is 5.56 Å². The minimum absolute atomic E-state index is 0.158. The Hall–Kier alpha value is -2.90. The van der Waals surface area contributed by atoms with Gasteiger partial charge in [0.05, 0.1) is 6.61 Å². The van der Waals surface area contributed by atoms with Crippen LogP contribution in [0.1, 0.15) is 68.8 Å². The van der Waals surface area contributed by atoms with Crippen molar-refractivity contribution in [2.24, 2.45) is 5.73 Å². The highest BCUT2D eigenvalue weighted by molar-refractivity contribution is 6.01. The van der Waals surface area contributed by atoms with E-state index >= 15 is 0 Å². The summed E-state index contributed by atoms with van der Waals surface area (Å²) in [5.74, 6) is -0.510. The summed E-state index contributed by atoms with van der Waals surface area (Å²) in [4.78, 5) is 48.1. The Bertz CT molecular complexity index is 799. The topological polar surface area (TPSA) is 116 Å². The molecule has 1 heterocycles. The molecule has 0 aliphatic carbocycles. The van der Waals surface area contributed by atoms with E-state index in [-0.39, 0.29) is 31.3 Å². The van der Waals surface area contributed by atoms with E-state index in [2.05, 4.69) is 0 Å². The Morgan fingerprint density at radius 2 is 2.00 bits per heavy atom. The van der Waals surface area contributed by atoms with Crippen LogP contribution in [0.5, 0.6) is 5.75 Å². The predicted molar refractivity (Wildman–Crippen MR) is 110 cm³/mol. The Morgan fingerprint density at radius 3 is 2.63 bits per heavy atom. The monoisotopic (exact) mass is 418 g/mol. The Morgan fingerprint density at radius 1 is 1.27 bits per heavy atom. The number of benzene rings is 1. The largest absolute Gasteiger partial charge is 0.494 e. The van der Waals surface area contributed by atoms with Crippen LogP contribution in [0.4, 0.5) is 0 Å². The van der Waals surface area contributed by atoms with Crippen LogP contribution in [-0.4, -0.2) is 47.2 Å². The molecule has 2 rings (SSSR count). The zero-order valence-electron chi connectivity index (χ0n) is 17.8. The molecule has 1 aromatic rings. The first-order chi connectivity index (χ1) is 14.1. The van der Waals surface area contributed by atoms with Gasteiger partial charge in [0, 0.05) is 24.9 Å². The van der Waals surface area contributed by atoms with E-state index < -0.39 is 17.6 Å². The number of unbranched alkanes of at least 4 members (excludes halogenated alkanes) is 1. The maximum absolute atomic E-state index is 12.6. The van der Waals surface area contributed by atoms with Gasteiger partial charge in [-0.3, -0.25) is 14.4 Å². The molecule has 0 aromatic heterocycles. The van der Waals surface area contributed by atoms with Crippen LogP contribution in [0.15, 0.2) is 18.2 Å². The van der Waals surface area contributed by atoms with Crippen LogP contribution < -0.4 is 10.5 Å². The number of fused-ring (bicyclic) bond motifs is 1. The van der Waals surface area contributed by atoms with Crippen LogP contribution in [0, 0.1) is 0 Å². The molecule has 8 nitrogen and oxygen atoms in total. The highest BCUT2D eigenvalue weighted by Crippen LogP contribution is 2.29. The van der Waals surface area contributed by atoms with Gasteiger partial charge >= 0.3 is 5.97 Å². The number of nitrogens with two attached hydrogens (primary N) is 1. The third-order valence-corrected chi connectivity index (χ3v) is 4.64. The summed E-state index contributed by atoms with van der Waals surface area (Å²) in [7, 11) is 0. The molecule has 1 aliphatic heterocycles. The van der Waals surface area contributed by atoms with Gasteiger partial charge in [-0.05, 0) is 63.8 Å². The molecular weight excluding hydrogens is 388 g/mol. The first-order valence-electron chi connectivity index (χ1n) is 10.1. The average Bonchev–Trinajstić information content (AvgIpc) is 2.96. The molecular formula is C22H30N2O6. The van der Waals surface area contributed by atoms with Gasteiger partial charge < -0.3 is 24.9 Å². The molecule has 8 heteroatoms. The van der Waals surface area contributed by atoms with Gasteiger partial charge in [-0.25, -0.2) is 0 Å². The van der Waals surface area contributed by atoms with Gasteiger partial charge in [0.2, 0.25) is 5.91 Å². The van der Waals surface area contributed by atoms with E-state index in [4.69, 9.17) is 15.2 Å². The van der Waals surface area contributed by atoms with E-state index in [0.29, 0.717) is 43.5 Å². The zero-order valence-corrected chi connectivity index (χ0v) is 17.8. The van der Waals surface area contributed by atoms with Crippen LogP contribution in [0.25, 0.3) is 0 Å². The van der Waals surface area contributed by atoms with Crippen molar-refractivity contribution in [1.82, 2.24) is 4.90 Å². The van der Waals surface area contributed by atoms with Crippen LogP contribution >= 0.6 is 0 Å². The highest BCUT2D eigenvalue weighted by Gasteiger charge is 2.35. The molecule has 2 amide bonds. The summed E-state index contributed by atoms with van der Waals surface area (Å²) in [6.07, 6.45) is 2.76. The fraction of sp³-hybridized carbons (Fsp3) is 0.545. The van der Waals surface area contributed by atoms with Gasteiger partial charge in [-0.1, -0.05) is 0 Å². The van der Waals surface area contributed by atoms with Gasteiger partial charge in [0.25, 0.3) is 5.91 Å². The molecule has 0 saturated carbocycles. The van der Waals surface area contributed by atoms with Gasteiger partial charge in [-0.15, -0.1) is 0 Å². The van der Waals surface area contributed by atoms with Crippen molar-refractivity contribution < 1.29 is 28.7 Å². The lowest BCUT2D eigenvalue weighted by atomic mass is 10.1. The second kappa shape index (κ2) is 10.2. The standard InChI is InChI=1S/C22H30N2O6/c1-22(2,3)30-19(26)8-4-5-12-29-16-9-10-17-15(13-16)14-24(21(17)28)18(20(23)27)7-6-11-25/h9-11,13,18H,4-8,12,14H2,1-3H3,(H2,23,27). The Labute approximate surface area is 176 Å². The van der Waals surface area contributed by atoms with Gasteiger partial charge in [0.15, 0.2) is 0 Å². The lowest BCUT2D eigenvalue weighted by molar-refractivity contribution is -0.155. The molecule has 1 aromatic carbocycles. The van der Waals surface area contributed by atoms with Crippen molar-refractivity contribution in [3.8, 4) is 5.75 Å². The minimum Gasteiger partial charge on any atom is -0.494 e. The van der Waals surface area contributed by atoms with Crippen molar-refractivity contribution in [2.75, 3.05) is 6.61 Å². The van der Waals surface area contributed by atoms with E-state index in [1.807, 2.05) is 20.8 Å². The van der Waals surface area contributed by atoms with Crippen molar-refractivity contribution in [3.63, 3.8) is 0 Å². The summed E-state index contributed by atoms with van der Waals surface area (Å²) in [6.45, 7) is 6.18. The maximum atomic E-state index is 12.6. The number of aldehydes is 1. The number of rotatable bonds is 11. The summed E-state index contributed by atoms with van der Waals surface area (Å²) in [5.41, 5.74) is 6.20. The van der Waals surface area contributed by atoms with Crippen LogP contribution in [-0.2, 0) is 25.7 Å². The number of carbonyl (C=O) groups is 4. The van der Waals surface area contributed by atoms with E-state index in [9.17, 15) is 19.2 Å². The number of esters is 1. The minimum atomic E-state index is -0.813. The number of hydrogen-bond donors (Lipinski definition) is 1. The smallest absolute Gasteiger partial charge is 0.306 e. The quantitative estimate of drug-likeness (QED) is 0.335. The number of nitrogens with zero attached hydrogens (tertiary/aromatic N) is 1. The Balaban J connectivity index is 1.86. The molecule has 0 fully saturated rings. The number of primary amides is 1. The molecule has 1 unspecified atom stereocenters. The zero-order chi connectivity index (χ0) is 22.3. The molecule has 0 saturated heterocycles. The molecule has 0 radical (unpaired) electrons. The first-order valence-corrected chi connectivity index (χ1v) is 10.1. The number of ether oxygens (including phenoxy) is 2. The summed E-state index contributed by atoms with van der Waals surface area (Å²) in [5, 5.41) is 0. The van der Waals surface area contributed by atoms with Crippen molar-refractivity contribution in [1.29, 1.82) is 0 Å². The first kappa shape index (κ1) is 23.4. The fourth-order valence-electron chi connectivity index (χ4n) is 3.29. The summed E-state index contributed by atoms with van der Waals surface area (Å²) >= 11 is 0. The second-order valence-electron chi connectivity index (χ2n) is 8.31. The summed E-state index contributed by atoms with van der Waals surface area (Å²) < 4.78 is 11.0. The van der Waals surface area contributed by atoms with E-state index in [1.165, 1.54) is 4.90 Å². The molecule has 1 atom stereocenters. The normalized spacial score (nSPS) is 14.2. The molecule has 30 heavy (non-hydrogen) atoms. The van der Waals surface area contributed by atoms with E-state index in [1.54, 1.807) is 18.2 Å². The Kier molecular flexibility index (Phi) is 7.97. The second-order valence-corrected chi connectivity index (χ2v) is 8.31. The van der Waals surface area contributed by atoms with Gasteiger partial charge in [0.1, 0.15) is 23.7 Å². The lowest BCUT2D eigenvalue weighted by Gasteiger charge is -2.24. The van der Waals surface area contributed by atoms with Gasteiger partial charge in [-0.2, -0.15) is 0 Å². The third kappa shape index (κ3) is 6.57. The number of hydrogen-bond acceptors (Lipinski definition) is 6. The number of amides is 2. The van der Waals surface area contributed by atoms with Crippen LogP contribution in [0.3, 0.4) is 0 Å². The van der Waals surface area contributed by atoms with Crippen molar-refractivity contribution >= 4 is 24.1 Å². The SMILES string of the molecule is CC(C)(C)OC(=O)CCCCOc1ccc2c(c1)CN(C(CCC=O)C(N)=O)C2=O. The molecule has 2 N–H and O–H groups in total. The molecule has 0 spiro atoms. The molecule has 1 aliphatic rings. The highest BCUT2D eigenvalue weighted by atomic mass is 16.6. The lowest BCUT2D eigenvalue weighted by Crippen LogP contribution is -2.44. The predicted octanol–water partition coefficient (Wildman–Crippen LogP) is 2.37. The summed E-state index contributed by atoms with van der Waals surface area (Å²) in [6, 6.07) is 4.34. The average molecular weight is 418 g/mol. The number of carbonyl (C=O) groups excluding carboxylic acids is 4. The third-order valence-electron chi connectivity index (χ3n) is 4.64. The van der Waals surface area contributed by atoms with Crippen LogP contribution in [0.2, 0.25) is 0 Å². The fourth-order valence-corrected chi connectivity index (χ4v) is 3.29. The van der Waals surface area contributed by atoms with Crippen molar-refractivity contribution in [2.45, 2.75) is 71.1 Å². The molecule has 164 valence electrons. The van der Waals surface area contributed by atoms with Crippen molar-refractivity contribution in [3.05, 3.63) is 29.3 Å². The maximum Gasteiger partial charge on any atom is 0.306 e.